The van der Waals surface area contributed by atoms with E-state index in [-0.39, 0.29) is 24.3 Å². The van der Waals surface area contributed by atoms with Gasteiger partial charge in [-0.1, -0.05) is 17.7 Å². The van der Waals surface area contributed by atoms with Gasteiger partial charge in [0.15, 0.2) is 0 Å². The summed E-state index contributed by atoms with van der Waals surface area (Å²) in [7, 11) is 0. The Morgan fingerprint density at radius 1 is 1.44 bits per heavy atom. The zero-order valence-electron chi connectivity index (χ0n) is 10.0. The van der Waals surface area contributed by atoms with E-state index in [1.807, 2.05) is 0 Å². The zero-order chi connectivity index (χ0) is 13.0. The van der Waals surface area contributed by atoms with Crippen LogP contribution in [0, 0.1) is 5.82 Å². The van der Waals surface area contributed by atoms with Gasteiger partial charge in [-0.25, -0.2) is 4.39 Å². The Kier molecular flexibility index (Phi) is 4.55. The van der Waals surface area contributed by atoms with Gasteiger partial charge in [-0.15, -0.1) is 0 Å². The van der Waals surface area contributed by atoms with E-state index in [4.69, 9.17) is 11.6 Å². The number of rotatable bonds is 3. The van der Waals surface area contributed by atoms with Crippen molar-refractivity contribution in [2.24, 2.45) is 0 Å². The molecule has 3 nitrogen and oxygen atoms in total. The third-order valence-corrected chi connectivity index (χ3v) is 3.48. The monoisotopic (exact) mass is 270 g/mol. The number of nitrogens with one attached hydrogen (secondary N) is 2. The van der Waals surface area contributed by atoms with Crippen LogP contribution in [0.4, 0.5) is 4.39 Å². The molecule has 0 saturated carbocycles. The van der Waals surface area contributed by atoms with E-state index in [1.165, 1.54) is 6.07 Å². The molecular weight excluding hydrogens is 255 g/mol. The summed E-state index contributed by atoms with van der Waals surface area (Å²) in [4.78, 5) is 11.7. The lowest BCUT2D eigenvalue weighted by Crippen LogP contribution is -2.42. The number of carbonyl (C=O) groups excluding carboxylic acids is 1. The number of benzene rings is 1. The van der Waals surface area contributed by atoms with Crippen LogP contribution in [-0.2, 0) is 11.3 Å². The van der Waals surface area contributed by atoms with Crippen molar-refractivity contribution in [1.82, 2.24) is 10.6 Å². The molecule has 2 rings (SSSR count). The average Bonchev–Trinajstić information content (AvgIpc) is 2.54. The van der Waals surface area contributed by atoms with Crippen LogP contribution >= 0.6 is 11.6 Å². The van der Waals surface area contributed by atoms with Gasteiger partial charge in [-0.2, -0.15) is 0 Å². The summed E-state index contributed by atoms with van der Waals surface area (Å²) in [5.41, 5.74) is 0.413. The molecule has 0 aromatic heterocycles. The lowest BCUT2D eigenvalue weighted by atomic mass is 10.1. The minimum absolute atomic E-state index is 0.0139. The van der Waals surface area contributed by atoms with Gasteiger partial charge < -0.3 is 10.6 Å². The summed E-state index contributed by atoms with van der Waals surface area (Å²) < 4.78 is 13.6. The smallest absolute Gasteiger partial charge is 0.237 e. The average molecular weight is 271 g/mol. The molecule has 1 aromatic rings. The molecule has 0 radical (unpaired) electrons. The van der Waals surface area contributed by atoms with E-state index in [9.17, 15) is 9.18 Å². The van der Waals surface area contributed by atoms with Crippen LogP contribution in [0.1, 0.15) is 24.8 Å². The highest BCUT2D eigenvalue weighted by Gasteiger charge is 2.20. The minimum atomic E-state index is -0.343. The molecular formula is C13H16ClFN2O. The Labute approximate surface area is 111 Å². The van der Waals surface area contributed by atoms with E-state index >= 15 is 0 Å². The minimum Gasteiger partial charge on any atom is -0.355 e. The van der Waals surface area contributed by atoms with Gasteiger partial charge in [0.05, 0.1) is 6.04 Å². The van der Waals surface area contributed by atoms with Crippen molar-refractivity contribution in [3.05, 3.63) is 34.6 Å². The van der Waals surface area contributed by atoms with Crippen LogP contribution in [0.25, 0.3) is 0 Å². The first-order valence-corrected chi connectivity index (χ1v) is 6.50. The molecule has 1 fully saturated rings. The molecule has 5 heteroatoms. The van der Waals surface area contributed by atoms with Crippen molar-refractivity contribution < 1.29 is 9.18 Å². The molecule has 2 N–H and O–H groups in total. The Morgan fingerprint density at radius 3 is 3.06 bits per heavy atom. The molecule has 98 valence electrons. The third-order valence-electron chi connectivity index (χ3n) is 3.12. The molecule has 0 aliphatic carbocycles. The standard InChI is InChI=1S/C13H16ClFN2O/c14-10-4-3-5-11(15)9(10)8-17-12-6-1-2-7-16-13(12)18/h3-5,12,17H,1-2,6-8H2,(H,16,18). The SMILES string of the molecule is O=C1NCCCCC1NCc1c(F)cccc1Cl. The Morgan fingerprint density at radius 2 is 2.28 bits per heavy atom. The molecule has 1 atom stereocenters. The first-order chi connectivity index (χ1) is 8.68. The fourth-order valence-electron chi connectivity index (χ4n) is 2.06. The van der Waals surface area contributed by atoms with Crippen molar-refractivity contribution in [2.75, 3.05) is 6.54 Å². The van der Waals surface area contributed by atoms with Gasteiger partial charge >= 0.3 is 0 Å². The fourth-order valence-corrected chi connectivity index (χ4v) is 2.29. The lowest BCUT2D eigenvalue weighted by molar-refractivity contribution is -0.122. The van der Waals surface area contributed by atoms with Gasteiger partial charge in [0.1, 0.15) is 5.82 Å². The maximum absolute atomic E-state index is 13.6. The van der Waals surface area contributed by atoms with E-state index in [0.717, 1.165) is 25.8 Å². The maximum Gasteiger partial charge on any atom is 0.237 e. The number of halogens is 2. The highest BCUT2D eigenvalue weighted by atomic mass is 35.5. The molecule has 1 unspecified atom stereocenters. The summed E-state index contributed by atoms with van der Waals surface area (Å²) in [5.74, 6) is -0.357. The van der Waals surface area contributed by atoms with Crippen molar-refractivity contribution in [3.63, 3.8) is 0 Å². The van der Waals surface area contributed by atoms with E-state index in [0.29, 0.717) is 10.6 Å². The Balaban J connectivity index is 2.00. The van der Waals surface area contributed by atoms with Crippen LogP contribution in [0.3, 0.4) is 0 Å². The molecule has 1 amide bonds. The van der Waals surface area contributed by atoms with Crippen LogP contribution in [-0.4, -0.2) is 18.5 Å². The van der Waals surface area contributed by atoms with Gasteiger partial charge in [-0.3, -0.25) is 4.79 Å². The summed E-state index contributed by atoms with van der Waals surface area (Å²) in [6.07, 6.45) is 2.75. The molecule has 0 bridgehead atoms. The van der Waals surface area contributed by atoms with Crippen molar-refractivity contribution in [2.45, 2.75) is 31.8 Å². The Hall–Kier alpha value is -1.13. The summed E-state index contributed by atoms with van der Waals surface area (Å²) in [6.45, 7) is 0.987. The highest BCUT2D eigenvalue weighted by molar-refractivity contribution is 6.31. The third kappa shape index (κ3) is 3.21. The van der Waals surface area contributed by atoms with Crippen molar-refractivity contribution in [1.29, 1.82) is 0 Å². The second-order valence-electron chi connectivity index (χ2n) is 4.42. The van der Waals surface area contributed by atoms with Crippen molar-refractivity contribution >= 4 is 17.5 Å². The fraction of sp³-hybridized carbons (Fsp3) is 0.462. The molecule has 1 aliphatic heterocycles. The van der Waals surface area contributed by atoms with Crippen LogP contribution in [0.15, 0.2) is 18.2 Å². The predicted octanol–water partition coefficient (Wildman–Crippen LogP) is 2.24. The largest absolute Gasteiger partial charge is 0.355 e. The van der Waals surface area contributed by atoms with E-state index < -0.39 is 0 Å². The van der Waals surface area contributed by atoms with Crippen LogP contribution < -0.4 is 10.6 Å². The highest BCUT2D eigenvalue weighted by Crippen LogP contribution is 2.19. The van der Waals surface area contributed by atoms with Gasteiger partial charge in [0.2, 0.25) is 5.91 Å². The topological polar surface area (TPSA) is 41.1 Å². The molecule has 1 heterocycles. The normalized spacial score (nSPS) is 20.3. The quantitative estimate of drug-likeness (QED) is 0.884. The molecule has 18 heavy (non-hydrogen) atoms. The van der Waals surface area contributed by atoms with Crippen molar-refractivity contribution in [3.8, 4) is 0 Å². The molecule has 1 aromatic carbocycles. The van der Waals surface area contributed by atoms with Crippen LogP contribution in [0.2, 0.25) is 5.02 Å². The number of hydrogen-bond acceptors (Lipinski definition) is 2. The lowest BCUT2D eigenvalue weighted by Gasteiger charge is -2.16. The predicted molar refractivity (Wildman–Crippen MR) is 68.9 cm³/mol. The van der Waals surface area contributed by atoms with Gasteiger partial charge in [0.25, 0.3) is 0 Å². The summed E-state index contributed by atoms with van der Waals surface area (Å²) in [6, 6.07) is 4.33. The second-order valence-corrected chi connectivity index (χ2v) is 4.83. The molecule has 0 spiro atoms. The first kappa shape index (κ1) is 13.3. The first-order valence-electron chi connectivity index (χ1n) is 6.12. The number of carbonyl (C=O) groups is 1. The molecule has 1 aliphatic rings. The molecule has 1 saturated heterocycles. The van der Waals surface area contributed by atoms with Gasteiger partial charge in [0, 0.05) is 23.7 Å². The zero-order valence-corrected chi connectivity index (χ0v) is 10.8. The number of amides is 1. The van der Waals surface area contributed by atoms with E-state index in [1.54, 1.807) is 12.1 Å². The van der Waals surface area contributed by atoms with Crippen LogP contribution in [0.5, 0.6) is 0 Å². The second kappa shape index (κ2) is 6.16. The maximum atomic E-state index is 13.6. The van der Waals surface area contributed by atoms with Gasteiger partial charge in [-0.05, 0) is 31.4 Å². The Bertz CT molecular complexity index is 419. The summed E-state index contributed by atoms with van der Waals surface area (Å²) >= 11 is 5.94. The summed E-state index contributed by atoms with van der Waals surface area (Å²) in [5, 5.41) is 6.29. The number of hydrogen-bond donors (Lipinski definition) is 2. The van der Waals surface area contributed by atoms with E-state index in [2.05, 4.69) is 10.6 Å².